The highest BCUT2D eigenvalue weighted by molar-refractivity contribution is 5.85. The Morgan fingerprint density at radius 3 is 2.63 bits per heavy atom. The van der Waals surface area contributed by atoms with Gasteiger partial charge in [0.2, 0.25) is 0 Å². The van der Waals surface area contributed by atoms with Crippen molar-refractivity contribution in [1.29, 1.82) is 0 Å². The topological polar surface area (TPSA) is 43.4 Å². The highest BCUT2D eigenvalue weighted by Crippen LogP contribution is 2.33. The number of benzene rings is 1. The molecule has 2 aromatic rings. The van der Waals surface area contributed by atoms with Crippen molar-refractivity contribution in [3.05, 3.63) is 23.8 Å². The van der Waals surface area contributed by atoms with E-state index in [0.717, 1.165) is 41.2 Å². The Balaban J connectivity index is 2.17. The number of hydrogen-bond donors (Lipinski definition) is 1. The fourth-order valence-electron chi connectivity index (χ4n) is 2.54. The Morgan fingerprint density at radius 2 is 1.84 bits per heavy atom. The third kappa shape index (κ3) is 2.18. The largest absolute Gasteiger partial charge is 0.493 e. The molecule has 0 fully saturated rings. The summed E-state index contributed by atoms with van der Waals surface area (Å²) in [5.74, 6) is 2.48. The predicted octanol–water partition coefficient (Wildman–Crippen LogP) is 3.00. The van der Waals surface area contributed by atoms with Crippen LogP contribution >= 0.6 is 0 Å². The number of hydrogen-bond acceptors (Lipinski definition) is 4. The monoisotopic (exact) mass is 258 g/mol. The van der Waals surface area contributed by atoms with Gasteiger partial charge in [0.25, 0.3) is 0 Å². The van der Waals surface area contributed by atoms with Gasteiger partial charge in [0.15, 0.2) is 11.5 Å². The fraction of sp³-hybridized carbons (Fsp3) is 0.400. The third-order valence-corrected chi connectivity index (χ3v) is 3.56. The van der Waals surface area contributed by atoms with E-state index in [1.165, 1.54) is 18.4 Å². The minimum Gasteiger partial charge on any atom is -0.493 e. The van der Waals surface area contributed by atoms with Gasteiger partial charge in [-0.1, -0.05) is 0 Å². The third-order valence-electron chi connectivity index (χ3n) is 3.56. The first-order chi connectivity index (χ1) is 9.31. The van der Waals surface area contributed by atoms with Crippen LogP contribution in [-0.2, 0) is 6.42 Å². The minimum atomic E-state index is 0.719. The maximum Gasteiger partial charge on any atom is 0.162 e. The number of anilines is 1. The van der Waals surface area contributed by atoms with Gasteiger partial charge in [0.1, 0.15) is 5.82 Å². The van der Waals surface area contributed by atoms with Crippen molar-refractivity contribution in [2.24, 2.45) is 0 Å². The molecular formula is C15H18N2O2. The molecule has 19 heavy (non-hydrogen) atoms. The normalized spacial score (nSPS) is 14.4. The van der Waals surface area contributed by atoms with Gasteiger partial charge in [0.05, 0.1) is 19.7 Å². The summed E-state index contributed by atoms with van der Waals surface area (Å²) in [6.07, 6.45) is 3.49. The lowest BCUT2D eigenvalue weighted by Crippen LogP contribution is -2.02. The molecule has 1 aromatic carbocycles. The maximum atomic E-state index is 5.34. The van der Waals surface area contributed by atoms with Gasteiger partial charge in [-0.15, -0.1) is 0 Å². The standard InChI is InChI=1S/C15H18N2O2/c1-18-13-8-11-7-10-5-3-4-6-16-15(10)17-12(11)9-14(13)19-2/h7-9H,3-6H2,1-2H3,(H,16,17). The average Bonchev–Trinajstić information content (AvgIpc) is 2.68. The predicted molar refractivity (Wildman–Crippen MR) is 76.3 cm³/mol. The van der Waals surface area contributed by atoms with Crippen LogP contribution in [0.4, 0.5) is 5.82 Å². The van der Waals surface area contributed by atoms with E-state index in [4.69, 9.17) is 14.5 Å². The van der Waals surface area contributed by atoms with E-state index in [-0.39, 0.29) is 0 Å². The molecule has 0 radical (unpaired) electrons. The number of pyridine rings is 1. The van der Waals surface area contributed by atoms with Crippen molar-refractivity contribution in [2.75, 3.05) is 26.1 Å². The summed E-state index contributed by atoms with van der Waals surface area (Å²) >= 11 is 0. The van der Waals surface area contributed by atoms with Gasteiger partial charge < -0.3 is 14.8 Å². The SMILES string of the molecule is COc1cc2cc3c(nc2cc1OC)NCCCC3. The second-order valence-electron chi connectivity index (χ2n) is 4.78. The molecule has 100 valence electrons. The van der Waals surface area contributed by atoms with Gasteiger partial charge in [-0.05, 0) is 37.0 Å². The molecule has 2 heterocycles. The molecule has 0 atom stereocenters. The number of rotatable bonds is 2. The molecule has 0 saturated carbocycles. The van der Waals surface area contributed by atoms with Crippen LogP contribution in [0, 0.1) is 0 Å². The van der Waals surface area contributed by atoms with Crippen LogP contribution in [0.3, 0.4) is 0 Å². The number of methoxy groups -OCH3 is 2. The smallest absolute Gasteiger partial charge is 0.162 e. The molecule has 0 spiro atoms. The van der Waals surface area contributed by atoms with Gasteiger partial charge in [0, 0.05) is 18.0 Å². The summed E-state index contributed by atoms with van der Waals surface area (Å²) in [5.41, 5.74) is 2.23. The van der Waals surface area contributed by atoms with E-state index in [1.54, 1.807) is 14.2 Å². The van der Waals surface area contributed by atoms with Crippen molar-refractivity contribution < 1.29 is 9.47 Å². The van der Waals surface area contributed by atoms with Crippen molar-refractivity contribution in [2.45, 2.75) is 19.3 Å². The molecule has 4 heteroatoms. The molecule has 1 aliphatic rings. The molecule has 0 saturated heterocycles. The minimum absolute atomic E-state index is 0.719. The van der Waals surface area contributed by atoms with Crippen LogP contribution in [0.15, 0.2) is 18.2 Å². The number of nitrogens with one attached hydrogen (secondary N) is 1. The molecule has 0 aliphatic carbocycles. The summed E-state index contributed by atoms with van der Waals surface area (Å²) in [6.45, 7) is 0.999. The van der Waals surface area contributed by atoms with Gasteiger partial charge >= 0.3 is 0 Å². The number of ether oxygens (including phenoxy) is 2. The van der Waals surface area contributed by atoms with Crippen molar-refractivity contribution in [1.82, 2.24) is 4.98 Å². The second-order valence-corrected chi connectivity index (χ2v) is 4.78. The maximum absolute atomic E-state index is 5.34. The van der Waals surface area contributed by atoms with Crippen molar-refractivity contribution in [3.63, 3.8) is 0 Å². The number of aryl methyl sites for hydroxylation is 1. The summed E-state index contributed by atoms with van der Waals surface area (Å²) in [6, 6.07) is 6.13. The molecule has 0 unspecified atom stereocenters. The van der Waals surface area contributed by atoms with Crippen LogP contribution in [0.1, 0.15) is 18.4 Å². The highest BCUT2D eigenvalue weighted by Gasteiger charge is 2.13. The number of aromatic nitrogens is 1. The van der Waals surface area contributed by atoms with E-state index in [0.29, 0.717) is 0 Å². The Bertz CT molecular complexity index is 558. The molecule has 0 bridgehead atoms. The van der Waals surface area contributed by atoms with Crippen LogP contribution in [0.2, 0.25) is 0 Å². The zero-order valence-corrected chi connectivity index (χ0v) is 11.3. The lowest BCUT2D eigenvalue weighted by molar-refractivity contribution is 0.356. The first-order valence-electron chi connectivity index (χ1n) is 6.61. The van der Waals surface area contributed by atoms with Crippen molar-refractivity contribution in [3.8, 4) is 11.5 Å². The summed E-state index contributed by atoms with van der Waals surface area (Å²) in [7, 11) is 3.30. The van der Waals surface area contributed by atoms with Crippen LogP contribution in [0.5, 0.6) is 11.5 Å². The molecule has 1 N–H and O–H groups in total. The average molecular weight is 258 g/mol. The van der Waals surface area contributed by atoms with E-state index in [2.05, 4.69) is 11.4 Å². The Morgan fingerprint density at radius 1 is 1.05 bits per heavy atom. The van der Waals surface area contributed by atoms with Gasteiger partial charge in [-0.3, -0.25) is 0 Å². The zero-order valence-electron chi connectivity index (χ0n) is 11.3. The van der Waals surface area contributed by atoms with Gasteiger partial charge in [-0.2, -0.15) is 0 Å². The lowest BCUT2D eigenvalue weighted by atomic mass is 10.1. The zero-order chi connectivity index (χ0) is 13.2. The quantitative estimate of drug-likeness (QED) is 0.899. The van der Waals surface area contributed by atoms with E-state index < -0.39 is 0 Å². The van der Waals surface area contributed by atoms with E-state index in [1.807, 2.05) is 12.1 Å². The Kier molecular flexibility index (Phi) is 3.15. The molecule has 1 aliphatic heterocycles. The number of fused-ring (bicyclic) bond motifs is 2. The Hall–Kier alpha value is -1.97. The molecular weight excluding hydrogens is 240 g/mol. The number of nitrogens with zero attached hydrogens (tertiary/aromatic N) is 1. The van der Waals surface area contributed by atoms with Gasteiger partial charge in [-0.25, -0.2) is 4.98 Å². The van der Waals surface area contributed by atoms with Crippen LogP contribution in [0.25, 0.3) is 10.9 Å². The molecule has 3 rings (SSSR count). The highest BCUT2D eigenvalue weighted by atomic mass is 16.5. The van der Waals surface area contributed by atoms with Crippen molar-refractivity contribution >= 4 is 16.7 Å². The van der Waals surface area contributed by atoms with E-state index >= 15 is 0 Å². The fourth-order valence-corrected chi connectivity index (χ4v) is 2.54. The lowest BCUT2D eigenvalue weighted by Gasteiger charge is -2.12. The second kappa shape index (κ2) is 4.96. The van der Waals surface area contributed by atoms with Crippen LogP contribution in [-0.4, -0.2) is 25.7 Å². The van der Waals surface area contributed by atoms with E-state index in [9.17, 15) is 0 Å². The molecule has 1 aromatic heterocycles. The summed E-state index contributed by atoms with van der Waals surface area (Å²) < 4.78 is 10.7. The first-order valence-corrected chi connectivity index (χ1v) is 6.61. The molecule has 0 amide bonds. The van der Waals surface area contributed by atoms with Crippen LogP contribution < -0.4 is 14.8 Å². The summed E-state index contributed by atoms with van der Waals surface area (Å²) in [5, 5.41) is 4.50. The molecule has 4 nitrogen and oxygen atoms in total. The first kappa shape index (κ1) is 12.1. The summed E-state index contributed by atoms with van der Waals surface area (Å²) in [4.78, 5) is 4.71. The Labute approximate surface area is 112 Å².